The minimum Gasteiger partial charge on any atom is -0.326 e. The van der Waals surface area contributed by atoms with Gasteiger partial charge in [0.25, 0.3) is 0 Å². The van der Waals surface area contributed by atoms with Crippen LogP contribution in [0.2, 0.25) is 0 Å². The maximum Gasteiger partial charge on any atom is 0.416 e. The Bertz CT molecular complexity index is 494. The second-order valence-corrected chi connectivity index (χ2v) is 5.38. The van der Waals surface area contributed by atoms with Crippen molar-refractivity contribution in [3.05, 3.63) is 29.3 Å². The summed E-state index contributed by atoms with van der Waals surface area (Å²) in [6.45, 7) is 4.08. The predicted octanol–water partition coefficient (Wildman–Crippen LogP) is 4.18. The largest absolute Gasteiger partial charge is 0.416 e. The monoisotopic (exact) mass is 271 g/mol. The van der Waals surface area contributed by atoms with Crippen LogP contribution in [0, 0.1) is 5.92 Å². The molecule has 0 bridgehead atoms. The van der Waals surface area contributed by atoms with Gasteiger partial charge in [-0.2, -0.15) is 13.2 Å². The van der Waals surface area contributed by atoms with E-state index >= 15 is 0 Å². The summed E-state index contributed by atoms with van der Waals surface area (Å²) in [6, 6.07) is 3.61. The standard InChI is InChI=1S/C14H16F3NO/c1-8(2)5-9-6-13(19)18-12-7-10(14(15,16)17)3-4-11(9)12/h3-4,7-9H,5-6H2,1-2H3,(H,18,19). The van der Waals surface area contributed by atoms with Crippen molar-refractivity contribution in [2.45, 2.75) is 38.8 Å². The molecular weight excluding hydrogens is 255 g/mol. The van der Waals surface area contributed by atoms with Gasteiger partial charge in [-0.25, -0.2) is 0 Å². The van der Waals surface area contributed by atoms with Crippen LogP contribution >= 0.6 is 0 Å². The van der Waals surface area contributed by atoms with Crippen LogP contribution in [-0.4, -0.2) is 5.91 Å². The third-order valence-corrected chi connectivity index (χ3v) is 3.28. The summed E-state index contributed by atoms with van der Waals surface area (Å²) in [7, 11) is 0. The smallest absolute Gasteiger partial charge is 0.326 e. The van der Waals surface area contributed by atoms with Gasteiger partial charge in [-0.15, -0.1) is 0 Å². The zero-order valence-corrected chi connectivity index (χ0v) is 10.8. The van der Waals surface area contributed by atoms with Crippen molar-refractivity contribution >= 4 is 11.6 Å². The Labute approximate surface area is 110 Å². The summed E-state index contributed by atoms with van der Waals surface area (Å²) >= 11 is 0. The molecule has 1 aromatic carbocycles. The molecule has 0 radical (unpaired) electrons. The Morgan fingerprint density at radius 1 is 1.37 bits per heavy atom. The third-order valence-electron chi connectivity index (χ3n) is 3.28. The molecule has 0 spiro atoms. The highest BCUT2D eigenvalue weighted by atomic mass is 19.4. The summed E-state index contributed by atoms with van der Waals surface area (Å²) in [4.78, 5) is 11.6. The zero-order valence-electron chi connectivity index (χ0n) is 10.8. The van der Waals surface area contributed by atoms with Gasteiger partial charge in [0.1, 0.15) is 0 Å². The minimum absolute atomic E-state index is 0.00559. The second-order valence-electron chi connectivity index (χ2n) is 5.38. The second kappa shape index (κ2) is 4.87. The summed E-state index contributed by atoms with van der Waals surface area (Å²) in [5.74, 6) is 0.189. The highest BCUT2D eigenvalue weighted by Crippen LogP contribution is 2.39. The van der Waals surface area contributed by atoms with E-state index in [0.717, 1.165) is 24.1 Å². The molecule has 1 amide bonds. The van der Waals surface area contributed by atoms with Gasteiger partial charge in [0, 0.05) is 12.1 Å². The fraction of sp³-hybridized carbons (Fsp3) is 0.500. The first-order valence-electron chi connectivity index (χ1n) is 6.28. The molecule has 2 nitrogen and oxygen atoms in total. The van der Waals surface area contributed by atoms with E-state index in [0.29, 0.717) is 18.0 Å². The molecule has 0 aliphatic carbocycles. The Morgan fingerprint density at radius 3 is 2.63 bits per heavy atom. The van der Waals surface area contributed by atoms with Gasteiger partial charge < -0.3 is 5.32 Å². The number of carbonyl (C=O) groups excluding carboxylic acids is 1. The number of fused-ring (bicyclic) bond motifs is 1. The summed E-state index contributed by atoms with van der Waals surface area (Å²) in [6.07, 6.45) is -3.24. The molecule has 19 heavy (non-hydrogen) atoms. The molecule has 0 saturated heterocycles. The Kier molecular flexibility index (Phi) is 3.56. The molecular formula is C14H16F3NO. The quantitative estimate of drug-likeness (QED) is 0.859. The van der Waals surface area contributed by atoms with E-state index in [2.05, 4.69) is 5.32 Å². The van der Waals surface area contributed by atoms with Crippen molar-refractivity contribution in [2.75, 3.05) is 5.32 Å². The van der Waals surface area contributed by atoms with Crippen LogP contribution in [0.3, 0.4) is 0 Å². The SMILES string of the molecule is CC(C)CC1CC(=O)Nc2cc(C(F)(F)F)ccc21. The number of amides is 1. The number of anilines is 1. The molecule has 2 rings (SSSR count). The van der Waals surface area contributed by atoms with Gasteiger partial charge in [-0.05, 0) is 36.0 Å². The predicted molar refractivity (Wildman–Crippen MR) is 66.9 cm³/mol. The molecule has 0 saturated carbocycles. The van der Waals surface area contributed by atoms with Crippen molar-refractivity contribution in [3.63, 3.8) is 0 Å². The molecule has 5 heteroatoms. The van der Waals surface area contributed by atoms with Crippen molar-refractivity contribution in [2.24, 2.45) is 5.92 Å². The molecule has 0 aromatic heterocycles. The first-order chi connectivity index (χ1) is 8.77. The molecule has 0 fully saturated rings. The van der Waals surface area contributed by atoms with E-state index in [1.54, 1.807) is 0 Å². The third kappa shape index (κ3) is 3.08. The average molecular weight is 271 g/mol. The van der Waals surface area contributed by atoms with Crippen LogP contribution < -0.4 is 5.32 Å². The first kappa shape index (κ1) is 13.9. The molecule has 1 aromatic rings. The number of hydrogen-bond donors (Lipinski definition) is 1. The lowest BCUT2D eigenvalue weighted by molar-refractivity contribution is -0.137. The van der Waals surface area contributed by atoms with Crippen molar-refractivity contribution < 1.29 is 18.0 Å². The maximum absolute atomic E-state index is 12.6. The number of carbonyl (C=O) groups is 1. The zero-order chi connectivity index (χ0) is 14.2. The van der Waals surface area contributed by atoms with Crippen LogP contribution in [0.25, 0.3) is 0 Å². The van der Waals surface area contributed by atoms with Gasteiger partial charge in [0.05, 0.1) is 5.56 Å². The lowest BCUT2D eigenvalue weighted by Crippen LogP contribution is -2.24. The first-order valence-corrected chi connectivity index (χ1v) is 6.28. The average Bonchev–Trinajstić information content (AvgIpc) is 2.25. The van der Waals surface area contributed by atoms with Gasteiger partial charge in [-0.3, -0.25) is 4.79 Å². The van der Waals surface area contributed by atoms with Crippen molar-refractivity contribution in [3.8, 4) is 0 Å². The lowest BCUT2D eigenvalue weighted by atomic mass is 9.84. The van der Waals surface area contributed by atoms with Crippen LogP contribution in [0.4, 0.5) is 18.9 Å². The van der Waals surface area contributed by atoms with Crippen LogP contribution in [0.1, 0.15) is 43.7 Å². The highest BCUT2D eigenvalue weighted by molar-refractivity contribution is 5.94. The fourth-order valence-electron chi connectivity index (χ4n) is 2.51. The number of rotatable bonds is 2. The molecule has 1 N–H and O–H groups in total. The Morgan fingerprint density at radius 2 is 2.05 bits per heavy atom. The van der Waals surface area contributed by atoms with Gasteiger partial charge >= 0.3 is 6.18 Å². The number of hydrogen-bond acceptors (Lipinski definition) is 1. The fourth-order valence-corrected chi connectivity index (χ4v) is 2.51. The van der Waals surface area contributed by atoms with Crippen molar-refractivity contribution in [1.29, 1.82) is 0 Å². The van der Waals surface area contributed by atoms with E-state index in [4.69, 9.17) is 0 Å². The van der Waals surface area contributed by atoms with E-state index in [1.807, 2.05) is 13.8 Å². The Hall–Kier alpha value is -1.52. The minimum atomic E-state index is -4.38. The van der Waals surface area contributed by atoms with E-state index in [1.165, 1.54) is 6.07 Å². The number of nitrogens with one attached hydrogen (secondary N) is 1. The number of alkyl halides is 3. The van der Waals surface area contributed by atoms with E-state index in [9.17, 15) is 18.0 Å². The topological polar surface area (TPSA) is 29.1 Å². The molecule has 1 heterocycles. The van der Waals surface area contributed by atoms with Crippen LogP contribution in [-0.2, 0) is 11.0 Å². The highest BCUT2D eigenvalue weighted by Gasteiger charge is 2.33. The molecule has 1 atom stereocenters. The Balaban J connectivity index is 2.38. The lowest BCUT2D eigenvalue weighted by Gasteiger charge is -2.27. The maximum atomic E-state index is 12.6. The van der Waals surface area contributed by atoms with Gasteiger partial charge in [-0.1, -0.05) is 19.9 Å². The molecule has 1 aliphatic heterocycles. The van der Waals surface area contributed by atoms with Crippen molar-refractivity contribution in [1.82, 2.24) is 0 Å². The summed E-state index contributed by atoms with van der Waals surface area (Å²) in [5.41, 5.74) is 0.384. The van der Waals surface area contributed by atoms with Gasteiger partial charge in [0.2, 0.25) is 5.91 Å². The van der Waals surface area contributed by atoms with E-state index < -0.39 is 11.7 Å². The van der Waals surface area contributed by atoms with Crippen LogP contribution in [0.5, 0.6) is 0 Å². The van der Waals surface area contributed by atoms with Gasteiger partial charge in [0.15, 0.2) is 0 Å². The summed E-state index contributed by atoms with van der Waals surface area (Å²) < 4.78 is 37.9. The van der Waals surface area contributed by atoms with E-state index in [-0.39, 0.29) is 11.8 Å². The summed E-state index contributed by atoms with van der Waals surface area (Å²) in [5, 5.41) is 2.54. The molecule has 104 valence electrons. The molecule has 1 aliphatic rings. The number of halogens is 3. The normalized spacial score (nSPS) is 19.3. The molecule has 1 unspecified atom stereocenters. The van der Waals surface area contributed by atoms with Crippen LogP contribution in [0.15, 0.2) is 18.2 Å². The number of benzene rings is 1.